The smallest absolute Gasteiger partial charge is 0.451 e. The zero-order valence-electron chi connectivity index (χ0n) is 13.6. The van der Waals surface area contributed by atoms with Gasteiger partial charge in [-0.1, -0.05) is 30.3 Å². The maximum Gasteiger partial charge on any atom is 0.451 e. The van der Waals surface area contributed by atoms with Crippen molar-refractivity contribution in [3.63, 3.8) is 0 Å². The fourth-order valence-electron chi connectivity index (χ4n) is 2.29. The monoisotopic (exact) mass is 378 g/mol. The summed E-state index contributed by atoms with van der Waals surface area (Å²) in [6.45, 7) is 0. The molecule has 0 amide bonds. The molecule has 4 nitrogen and oxygen atoms in total. The minimum Gasteiger partial charge on any atom is -0.465 e. The van der Waals surface area contributed by atoms with Crippen LogP contribution in [0.1, 0.15) is 21.7 Å². The number of carbonyl (C=O) groups excluding carboxylic acids is 1. The molecule has 0 N–H and O–H groups in total. The van der Waals surface area contributed by atoms with Crippen LogP contribution in [0.15, 0.2) is 53.6 Å². The third kappa shape index (κ3) is 3.96. The van der Waals surface area contributed by atoms with Crippen molar-refractivity contribution in [1.29, 1.82) is 0 Å². The number of methoxy groups -OCH3 is 1. The average molecular weight is 378 g/mol. The molecule has 0 aliphatic heterocycles. The van der Waals surface area contributed by atoms with Crippen molar-refractivity contribution in [1.82, 2.24) is 9.97 Å². The lowest BCUT2D eigenvalue weighted by Gasteiger charge is -2.10. The van der Waals surface area contributed by atoms with Crippen molar-refractivity contribution < 1.29 is 22.7 Å². The molecule has 0 bridgehead atoms. The molecule has 0 aliphatic carbocycles. The van der Waals surface area contributed by atoms with E-state index in [4.69, 9.17) is 0 Å². The van der Waals surface area contributed by atoms with Crippen molar-refractivity contribution >= 4 is 28.6 Å². The molecular formula is C18H13F3N2O2S. The molecule has 3 aromatic rings. The molecule has 0 fully saturated rings. The van der Waals surface area contributed by atoms with Gasteiger partial charge in [0, 0.05) is 11.1 Å². The van der Waals surface area contributed by atoms with Gasteiger partial charge in [0.25, 0.3) is 0 Å². The van der Waals surface area contributed by atoms with E-state index in [1.165, 1.54) is 24.9 Å². The highest BCUT2D eigenvalue weighted by Crippen LogP contribution is 2.33. The van der Waals surface area contributed by atoms with Crippen LogP contribution in [0, 0.1) is 0 Å². The molecule has 0 aliphatic rings. The predicted molar refractivity (Wildman–Crippen MR) is 91.9 cm³/mol. The van der Waals surface area contributed by atoms with E-state index in [9.17, 15) is 18.0 Å². The van der Waals surface area contributed by atoms with Crippen LogP contribution in [-0.2, 0) is 16.7 Å². The number of esters is 1. The van der Waals surface area contributed by atoms with Crippen molar-refractivity contribution in [2.24, 2.45) is 0 Å². The number of alkyl halides is 3. The molecule has 3 rings (SSSR count). The number of halogens is 3. The van der Waals surface area contributed by atoms with Crippen LogP contribution in [-0.4, -0.2) is 23.0 Å². The highest BCUT2D eigenvalue weighted by Gasteiger charge is 2.35. The Kier molecular flexibility index (Phi) is 5.13. The Bertz CT molecular complexity index is 943. The van der Waals surface area contributed by atoms with Crippen LogP contribution in [0.25, 0.3) is 10.9 Å². The Labute approximate surface area is 151 Å². The summed E-state index contributed by atoms with van der Waals surface area (Å²) < 4.78 is 43.7. The number of para-hydroxylation sites is 1. The molecule has 8 heteroatoms. The van der Waals surface area contributed by atoms with Gasteiger partial charge in [0.1, 0.15) is 5.03 Å². The lowest BCUT2D eigenvalue weighted by molar-refractivity contribution is -0.145. The molecule has 1 aromatic heterocycles. The predicted octanol–water partition coefficient (Wildman–Crippen LogP) is 4.73. The maximum absolute atomic E-state index is 13.0. The molecule has 0 spiro atoms. The summed E-state index contributed by atoms with van der Waals surface area (Å²) in [6.07, 6.45) is -4.61. The summed E-state index contributed by atoms with van der Waals surface area (Å²) in [5.41, 5.74) is 1.50. The minimum atomic E-state index is -4.61. The second-order valence-electron chi connectivity index (χ2n) is 5.34. The van der Waals surface area contributed by atoms with E-state index in [1.54, 1.807) is 42.5 Å². The molecule has 0 radical (unpaired) electrons. The Morgan fingerprint density at radius 3 is 2.42 bits per heavy atom. The first-order chi connectivity index (χ1) is 12.4. The molecule has 0 atom stereocenters. The molecule has 0 saturated carbocycles. The topological polar surface area (TPSA) is 52.1 Å². The van der Waals surface area contributed by atoms with E-state index in [0.29, 0.717) is 16.7 Å². The van der Waals surface area contributed by atoms with E-state index < -0.39 is 18.0 Å². The van der Waals surface area contributed by atoms with Gasteiger partial charge >= 0.3 is 12.1 Å². The average Bonchev–Trinajstić information content (AvgIpc) is 2.65. The van der Waals surface area contributed by atoms with E-state index in [0.717, 1.165) is 5.56 Å². The second-order valence-corrected chi connectivity index (χ2v) is 6.31. The van der Waals surface area contributed by atoms with Gasteiger partial charge in [0.2, 0.25) is 5.82 Å². The van der Waals surface area contributed by atoms with E-state index in [-0.39, 0.29) is 10.5 Å². The number of thioether (sulfide) groups is 1. The summed E-state index contributed by atoms with van der Waals surface area (Å²) >= 11 is 1.19. The van der Waals surface area contributed by atoms with Gasteiger partial charge in [-0.2, -0.15) is 13.2 Å². The lowest BCUT2D eigenvalue weighted by Crippen LogP contribution is -2.11. The fraction of sp³-hybridized carbons (Fsp3) is 0.167. The van der Waals surface area contributed by atoms with Crippen LogP contribution >= 0.6 is 11.8 Å². The number of nitrogens with zero attached hydrogens (tertiary/aromatic N) is 2. The molecule has 0 saturated heterocycles. The first-order valence-electron chi connectivity index (χ1n) is 7.52. The van der Waals surface area contributed by atoms with Gasteiger partial charge < -0.3 is 4.74 Å². The van der Waals surface area contributed by atoms with Gasteiger partial charge in [-0.3, -0.25) is 0 Å². The van der Waals surface area contributed by atoms with E-state index >= 15 is 0 Å². The van der Waals surface area contributed by atoms with E-state index in [2.05, 4.69) is 14.7 Å². The van der Waals surface area contributed by atoms with Crippen molar-refractivity contribution in [2.75, 3.05) is 7.11 Å². The normalized spacial score (nSPS) is 11.5. The highest BCUT2D eigenvalue weighted by atomic mass is 32.2. The van der Waals surface area contributed by atoms with Crippen LogP contribution in [0.4, 0.5) is 13.2 Å². The Hall–Kier alpha value is -2.61. The third-order valence-corrected chi connectivity index (χ3v) is 4.63. The standard InChI is InChI=1S/C18H13F3N2O2S/c1-25-16(24)12-8-6-11(7-9-12)10-26-15-13-4-2-3-5-14(13)22-17(23-15)18(19,20)21/h2-9H,10H2,1H3. The van der Waals surface area contributed by atoms with Crippen LogP contribution in [0.5, 0.6) is 0 Å². The molecule has 134 valence electrons. The fourth-order valence-corrected chi connectivity index (χ4v) is 3.27. The first kappa shape index (κ1) is 18.2. The molecule has 26 heavy (non-hydrogen) atoms. The highest BCUT2D eigenvalue weighted by molar-refractivity contribution is 7.98. The van der Waals surface area contributed by atoms with Crippen LogP contribution in [0.2, 0.25) is 0 Å². The van der Waals surface area contributed by atoms with Crippen LogP contribution in [0.3, 0.4) is 0 Å². The number of fused-ring (bicyclic) bond motifs is 1. The maximum atomic E-state index is 13.0. The third-order valence-electron chi connectivity index (χ3n) is 3.57. The van der Waals surface area contributed by atoms with Crippen LogP contribution < -0.4 is 0 Å². The summed E-state index contributed by atoms with van der Waals surface area (Å²) in [7, 11) is 1.30. The molecule has 0 unspecified atom stereocenters. The SMILES string of the molecule is COC(=O)c1ccc(CSc2nc(C(F)(F)F)nc3ccccc23)cc1. The Morgan fingerprint density at radius 1 is 1.08 bits per heavy atom. The zero-order valence-corrected chi connectivity index (χ0v) is 14.4. The van der Waals surface area contributed by atoms with Gasteiger partial charge in [0.05, 0.1) is 18.2 Å². The van der Waals surface area contributed by atoms with Gasteiger partial charge in [-0.15, -0.1) is 11.8 Å². The molecule has 2 aromatic carbocycles. The van der Waals surface area contributed by atoms with Gasteiger partial charge in [0.15, 0.2) is 0 Å². The number of ether oxygens (including phenoxy) is 1. The van der Waals surface area contributed by atoms with Gasteiger partial charge in [-0.25, -0.2) is 14.8 Å². The zero-order chi connectivity index (χ0) is 18.7. The summed E-state index contributed by atoms with van der Waals surface area (Å²) in [5.74, 6) is -1.19. The number of hydrogen-bond donors (Lipinski definition) is 0. The number of rotatable bonds is 4. The quantitative estimate of drug-likeness (QED) is 0.373. The van der Waals surface area contributed by atoms with E-state index in [1.807, 2.05) is 0 Å². The number of hydrogen-bond acceptors (Lipinski definition) is 5. The molecule has 1 heterocycles. The summed E-state index contributed by atoms with van der Waals surface area (Å²) in [6, 6.07) is 13.3. The minimum absolute atomic E-state index is 0.248. The largest absolute Gasteiger partial charge is 0.465 e. The van der Waals surface area contributed by atoms with Crippen molar-refractivity contribution in [3.8, 4) is 0 Å². The van der Waals surface area contributed by atoms with Crippen molar-refractivity contribution in [2.45, 2.75) is 17.0 Å². The number of benzene rings is 2. The summed E-state index contributed by atoms with van der Waals surface area (Å²) in [5, 5.41) is 0.830. The number of carbonyl (C=O) groups is 1. The van der Waals surface area contributed by atoms with Gasteiger partial charge in [-0.05, 0) is 23.8 Å². The Balaban J connectivity index is 1.87. The Morgan fingerprint density at radius 2 is 1.77 bits per heavy atom. The molecular weight excluding hydrogens is 365 g/mol. The van der Waals surface area contributed by atoms with Crippen molar-refractivity contribution in [3.05, 3.63) is 65.5 Å². The lowest BCUT2D eigenvalue weighted by atomic mass is 10.1. The number of aromatic nitrogens is 2. The first-order valence-corrected chi connectivity index (χ1v) is 8.51. The summed E-state index contributed by atoms with van der Waals surface area (Å²) in [4.78, 5) is 18.7. The second kappa shape index (κ2) is 7.33.